The topological polar surface area (TPSA) is 121 Å². The number of aromatic nitrogens is 2. The first-order chi connectivity index (χ1) is 11.9. The normalized spacial score (nSPS) is 12.4. The van der Waals surface area contributed by atoms with Gasteiger partial charge < -0.3 is 16.2 Å². The number of rotatable bonds is 5. The molecule has 7 nitrogen and oxygen atoms in total. The maximum atomic E-state index is 12.6. The number of benzene rings is 1. The van der Waals surface area contributed by atoms with Crippen molar-refractivity contribution in [3.8, 4) is 17.0 Å². The van der Waals surface area contributed by atoms with Crippen LogP contribution < -0.4 is 16.2 Å². The molecule has 0 saturated heterocycles. The lowest BCUT2D eigenvalue weighted by Gasteiger charge is -2.17. The summed E-state index contributed by atoms with van der Waals surface area (Å²) >= 11 is 0. The predicted octanol–water partition coefficient (Wildman–Crippen LogP) is 2.43. The van der Waals surface area contributed by atoms with Crippen LogP contribution in [0.4, 0.5) is 24.9 Å². The summed E-state index contributed by atoms with van der Waals surface area (Å²) in [6, 6.07) is 5.71. The van der Waals surface area contributed by atoms with E-state index >= 15 is 0 Å². The lowest BCUT2D eigenvalue weighted by Crippen LogP contribution is -2.21. The van der Waals surface area contributed by atoms with Crippen molar-refractivity contribution in [2.75, 3.05) is 18.1 Å². The molecule has 0 spiro atoms. The third-order valence-electron chi connectivity index (χ3n) is 3.36. The molecule has 0 fully saturated rings. The maximum Gasteiger partial charge on any atom is 0.422 e. The largest absolute Gasteiger partial charge is 0.478 e. The minimum absolute atomic E-state index is 0.0270. The Morgan fingerprint density at radius 2 is 1.77 bits per heavy atom. The lowest BCUT2D eigenvalue weighted by molar-refractivity contribution is -0.153. The van der Waals surface area contributed by atoms with E-state index in [1.54, 1.807) is 0 Å². The summed E-state index contributed by atoms with van der Waals surface area (Å²) in [6.07, 6.45) is -4.63. The molecule has 2 rings (SSSR count). The second kappa shape index (κ2) is 6.98. The van der Waals surface area contributed by atoms with Crippen LogP contribution in [0.2, 0.25) is 0 Å². The molecular weight excluding hydrogens is 373 g/mol. The molecule has 0 aliphatic heterocycles. The van der Waals surface area contributed by atoms with Gasteiger partial charge in [0.2, 0.25) is 5.95 Å². The van der Waals surface area contributed by atoms with Crippen molar-refractivity contribution >= 4 is 21.6 Å². The Hall–Kier alpha value is -2.56. The van der Waals surface area contributed by atoms with Gasteiger partial charge in [0.25, 0.3) is 0 Å². The van der Waals surface area contributed by atoms with Gasteiger partial charge in [-0.1, -0.05) is 18.2 Å². The van der Waals surface area contributed by atoms with Crippen molar-refractivity contribution in [3.05, 3.63) is 24.3 Å². The number of nitrogen functional groups attached to an aromatic ring is 2. The number of sulfone groups is 1. The van der Waals surface area contributed by atoms with Crippen molar-refractivity contribution < 1.29 is 26.3 Å². The van der Waals surface area contributed by atoms with E-state index in [0.29, 0.717) is 0 Å². The van der Waals surface area contributed by atoms with Crippen LogP contribution in [0.3, 0.4) is 0 Å². The van der Waals surface area contributed by atoms with Crippen molar-refractivity contribution in [1.29, 1.82) is 0 Å². The van der Waals surface area contributed by atoms with E-state index in [-0.39, 0.29) is 22.1 Å². The summed E-state index contributed by atoms with van der Waals surface area (Å²) in [5, 5.41) is -0.764. The van der Waals surface area contributed by atoms with Crippen molar-refractivity contribution in [1.82, 2.24) is 9.97 Å². The number of alkyl halides is 3. The van der Waals surface area contributed by atoms with E-state index in [1.807, 2.05) is 0 Å². The SMILES string of the molecule is CC(C)S(=O)(=O)c1ccccc1-c1nc(N)nc(N)c1OCC(F)(F)F. The van der Waals surface area contributed by atoms with Crippen molar-refractivity contribution in [3.63, 3.8) is 0 Å². The zero-order chi connectivity index (χ0) is 19.7. The summed E-state index contributed by atoms with van der Waals surface area (Å²) < 4.78 is 67.5. The fraction of sp³-hybridized carbons (Fsp3) is 0.333. The number of hydrogen-bond donors (Lipinski definition) is 2. The summed E-state index contributed by atoms with van der Waals surface area (Å²) in [7, 11) is -3.76. The molecule has 2 aromatic rings. The van der Waals surface area contributed by atoms with E-state index in [0.717, 1.165) is 0 Å². The van der Waals surface area contributed by atoms with E-state index in [2.05, 4.69) is 9.97 Å². The molecule has 11 heteroatoms. The second-order valence-electron chi connectivity index (χ2n) is 5.64. The first kappa shape index (κ1) is 19.8. The van der Waals surface area contributed by atoms with Crippen LogP contribution in [-0.2, 0) is 9.84 Å². The van der Waals surface area contributed by atoms with Crippen molar-refractivity contribution in [2.45, 2.75) is 30.2 Å². The van der Waals surface area contributed by atoms with E-state index in [1.165, 1.54) is 38.1 Å². The van der Waals surface area contributed by atoms with E-state index < -0.39 is 39.4 Å². The van der Waals surface area contributed by atoms with Gasteiger partial charge in [0.15, 0.2) is 28.0 Å². The molecule has 1 aromatic carbocycles. The Bertz CT molecular complexity index is 915. The van der Waals surface area contributed by atoms with Gasteiger partial charge in [0, 0.05) is 5.56 Å². The zero-order valence-corrected chi connectivity index (χ0v) is 14.7. The van der Waals surface area contributed by atoms with Crippen LogP contribution in [0.5, 0.6) is 5.75 Å². The highest BCUT2D eigenvalue weighted by Gasteiger charge is 2.31. The number of nitrogens with two attached hydrogens (primary N) is 2. The standard InChI is InChI=1S/C15H17F3N4O3S/c1-8(2)26(23,24)10-6-4-3-5-9(10)11-12(25-7-15(16,17)18)13(19)22-14(20)21-11/h3-6,8H,7H2,1-2H3,(H4,19,20,21,22). The predicted molar refractivity (Wildman–Crippen MR) is 90.2 cm³/mol. The van der Waals surface area contributed by atoms with Crippen molar-refractivity contribution in [2.24, 2.45) is 0 Å². The number of ether oxygens (including phenoxy) is 1. The molecule has 0 amide bonds. The fourth-order valence-electron chi connectivity index (χ4n) is 2.13. The van der Waals surface area contributed by atoms with Crippen LogP contribution in [0.25, 0.3) is 11.3 Å². The number of nitrogens with zero attached hydrogens (tertiary/aromatic N) is 2. The minimum Gasteiger partial charge on any atom is -0.478 e. The van der Waals surface area contributed by atoms with Crippen LogP contribution in [0.1, 0.15) is 13.8 Å². The Morgan fingerprint density at radius 1 is 1.15 bits per heavy atom. The molecule has 0 radical (unpaired) electrons. The number of anilines is 2. The fourth-order valence-corrected chi connectivity index (χ4v) is 3.38. The second-order valence-corrected chi connectivity index (χ2v) is 8.11. The Kier molecular flexibility index (Phi) is 5.31. The first-order valence-electron chi connectivity index (χ1n) is 7.39. The smallest absolute Gasteiger partial charge is 0.422 e. The molecule has 26 heavy (non-hydrogen) atoms. The highest BCUT2D eigenvalue weighted by atomic mass is 32.2. The van der Waals surface area contributed by atoms with Gasteiger partial charge in [-0.05, 0) is 19.9 Å². The van der Waals surface area contributed by atoms with E-state index in [4.69, 9.17) is 16.2 Å². The third kappa shape index (κ3) is 4.15. The number of halogens is 3. The molecule has 0 atom stereocenters. The molecule has 142 valence electrons. The molecule has 4 N–H and O–H groups in total. The monoisotopic (exact) mass is 390 g/mol. The molecule has 0 unspecified atom stereocenters. The van der Waals surface area contributed by atoms with Gasteiger partial charge in [0.05, 0.1) is 10.1 Å². The Morgan fingerprint density at radius 3 is 2.35 bits per heavy atom. The molecule has 0 saturated carbocycles. The highest BCUT2D eigenvalue weighted by molar-refractivity contribution is 7.92. The summed E-state index contributed by atoms with van der Waals surface area (Å²) in [5.74, 6) is -1.23. The van der Waals surface area contributed by atoms with Crippen LogP contribution >= 0.6 is 0 Å². The zero-order valence-electron chi connectivity index (χ0n) is 13.9. The van der Waals surface area contributed by atoms with Crippen LogP contribution in [0.15, 0.2) is 29.2 Å². The number of hydrogen-bond acceptors (Lipinski definition) is 7. The Balaban J connectivity index is 2.70. The first-order valence-corrected chi connectivity index (χ1v) is 8.94. The molecule has 0 aliphatic carbocycles. The molecule has 0 aliphatic rings. The van der Waals surface area contributed by atoms with Gasteiger partial charge in [-0.3, -0.25) is 0 Å². The maximum absolute atomic E-state index is 12.6. The van der Waals surface area contributed by atoms with Gasteiger partial charge in [-0.15, -0.1) is 0 Å². The Labute approximate surface area is 148 Å². The van der Waals surface area contributed by atoms with Gasteiger partial charge in [-0.25, -0.2) is 13.4 Å². The average molecular weight is 390 g/mol. The van der Waals surface area contributed by atoms with E-state index in [9.17, 15) is 21.6 Å². The third-order valence-corrected chi connectivity index (χ3v) is 5.57. The van der Waals surface area contributed by atoms with Gasteiger partial charge >= 0.3 is 6.18 Å². The average Bonchev–Trinajstić information content (AvgIpc) is 2.52. The summed E-state index contributed by atoms with van der Waals surface area (Å²) in [4.78, 5) is 7.34. The quantitative estimate of drug-likeness (QED) is 0.804. The highest BCUT2D eigenvalue weighted by Crippen LogP contribution is 2.38. The van der Waals surface area contributed by atoms with Crippen LogP contribution in [0, 0.1) is 0 Å². The van der Waals surface area contributed by atoms with Crippen LogP contribution in [-0.4, -0.2) is 36.4 Å². The minimum atomic E-state index is -4.63. The lowest BCUT2D eigenvalue weighted by atomic mass is 10.1. The molecule has 1 heterocycles. The van der Waals surface area contributed by atoms with Gasteiger partial charge in [-0.2, -0.15) is 18.2 Å². The molecule has 0 bridgehead atoms. The van der Waals surface area contributed by atoms with Gasteiger partial charge in [0.1, 0.15) is 5.69 Å². The molecule has 1 aromatic heterocycles. The molecular formula is C15H17F3N4O3S. The summed E-state index contributed by atoms with van der Waals surface area (Å²) in [5.41, 5.74) is 11.0. The summed E-state index contributed by atoms with van der Waals surface area (Å²) in [6.45, 7) is 1.32.